The monoisotopic (exact) mass is 422 g/mol. The lowest BCUT2D eigenvalue weighted by atomic mass is 9.90. The third kappa shape index (κ3) is 7.39. The largest absolute Gasteiger partial charge is 0.457 e. The lowest BCUT2D eigenvalue weighted by Crippen LogP contribution is -2.60. The number of hydrogen-bond donors (Lipinski definition) is 1. The Hall–Kier alpha value is -2.59. The molecule has 0 spiro atoms. The molecule has 0 heterocycles. The highest BCUT2D eigenvalue weighted by molar-refractivity contribution is 6.26. The van der Waals surface area contributed by atoms with Crippen LogP contribution in [0.5, 0.6) is 0 Å². The van der Waals surface area contributed by atoms with Crippen molar-refractivity contribution in [3.8, 4) is 6.07 Å². The molecule has 1 N–H and O–H groups in total. The smallest absolute Gasteiger partial charge is 0.347 e. The van der Waals surface area contributed by atoms with Crippen molar-refractivity contribution < 1.29 is 23.9 Å². The zero-order chi connectivity index (χ0) is 22.2. The van der Waals surface area contributed by atoms with E-state index in [9.17, 15) is 19.6 Å². The van der Waals surface area contributed by atoms with E-state index in [1.54, 1.807) is 65.0 Å². The SMILES string of the molecule is CC(C)C(OC(=O)CCl)C(=O)NC(C#N)(Cc1ccccc1)C(=O)OC(C)(C)C. The Morgan fingerprint density at radius 1 is 1.17 bits per heavy atom. The zero-order valence-corrected chi connectivity index (χ0v) is 18.1. The molecule has 1 aromatic rings. The van der Waals surface area contributed by atoms with Gasteiger partial charge in [-0.3, -0.25) is 9.59 Å². The topological polar surface area (TPSA) is 105 Å². The Bertz CT molecular complexity index is 768. The molecule has 0 fully saturated rings. The predicted molar refractivity (Wildman–Crippen MR) is 108 cm³/mol. The first kappa shape index (κ1) is 24.4. The summed E-state index contributed by atoms with van der Waals surface area (Å²) in [5.41, 5.74) is -2.21. The maximum absolute atomic E-state index is 12.9. The van der Waals surface area contributed by atoms with Crippen LogP contribution in [0.2, 0.25) is 0 Å². The van der Waals surface area contributed by atoms with E-state index in [1.807, 2.05) is 6.07 Å². The van der Waals surface area contributed by atoms with Gasteiger partial charge in [-0.25, -0.2) is 4.79 Å². The Morgan fingerprint density at radius 3 is 2.21 bits per heavy atom. The van der Waals surface area contributed by atoms with Crippen molar-refractivity contribution >= 4 is 29.4 Å². The average Bonchev–Trinajstić information content (AvgIpc) is 2.64. The van der Waals surface area contributed by atoms with Gasteiger partial charge in [-0.05, 0) is 32.3 Å². The first-order chi connectivity index (χ1) is 13.4. The first-order valence-electron chi connectivity index (χ1n) is 9.20. The molecular formula is C21H27ClN2O5. The number of rotatable bonds is 8. The second-order valence-electron chi connectivity index (χ2n) is 7.96. The molecule has 1 aromatic carbocycles. The second kappa shape index (κ2) is 10.3. The molecule has 2 atom stereocenters. The molecule has 0 aliphatic carbocycles. The van der Waals surface area contributed by atoms with Crippen LogP contribution in [0.25, 0.3) is 0 Å². The minimum atomic E-state index is -1.99. The number of carbonyl (C=O) groups excluding carboxylic acids is 3. The highest BCUT2D eigenvalue weighted by Gasteiger charge is 2.46. The number of nitrogens with one attached hydrogen (secondary N) is 1. The molecule has 0 aromatic heterocycles. The van der Waals surface area contributed by atoms with Crippen molar-refractivity contribution in [1.82, 2.24) is 5.32 Å². The van der Waals surface area contributed by atoms with Gasteiger partial charge in [0.25, 0.3) is 5.91 Å². The van der Waals surface area contributed by atoms with Crippen molar-refractivity contribution in [2.24, 2.45) is 5.92 Å². The number of amides is 1. The Kier molecular flexibility index (Phi) is 8.65. The maximum atomic E-state index is 12.9. The normalized spacial score (nSPS) is 14.3. The van der Waals surface area contributed by atoms with Gasteiger partial charge < -0.3 is 14.8 Å². The molecule has 0 radical (unpaired) electrons. The van der Waals surface area contributed by atoms with Gasteiger partial charge in [0.15, 0.2) is 6.10 Å². The number of ether oxygens (including phenoxy) is 2. The fourth-order valence-electron chi connectivity index (χ4n) is 2.49. The quantitative estimate of drug-likeness (QED) is 0.510. The van der Waals surface area contributed by atoms with Crippen molar-refractivity contribution in [2.75, 3.05) is 5.88 Å². The molecule has 1 amide bonds. The van der Waals surface area contributed by atoms with E-state index in [0.717, 1.165) is 0 Å². The van der Waals surface area contributed by atoms with E-state index in [0.29, 0.717) is 5.56 Å². The van der Waals surface area contributed by atoms with Gasteiger partial charge in [0.2, 0.25) is 5.54 Å². The molecule has 0 aliphatic rings. The van der Waals surface area contributed by atoms with Crippen molar-refractivity contribution in [3.63, 3.8) is 0 Å². The van der Waals surface area contributed by atoms with Crippen LogP contribution in [0, 0.1) is 17.2 Å². The number of alkyl halides is 1. The second-order valence-corrected chi connectivity index (χ2v) is 8.23. The van der Waals surface area contributed by atoms with Crippen LogP contribution in [0.4, 0.5) is 0 Å². The van der Waals surface area contributed by atoms with Gasteiger partial charge in [0.05, 0.1) is 0 Å². The Balaban J connectivity index is 3.27. The van der Waals surface area contributed by atoms with Crippen LogP contribution in [-0.2, 0) is 30.3 Å². The fraction of sp³-hybridized carbons (Fsp3) is 0.524. The summed E-state index contributed by atoms with van der Waals surface area (Å²) < 4.78 is 10.5. The molecule has 0 saturated carbocycles. The van der Waals surface area contributed by atoms with E-state index in [4.69, 9.17) is 21.1 Å². The van der Waals surface area contributed by atoms with E-state index in [1.165, 1.54) is 0 Å². The maximum Gasteiger partial charge on any atom is 0.347 e. The number of nitrogens with zero attached hydrogens (tertiary/aromatic N) is 1. The number of carbonyl (C=O) groups is 3. The van der Waals surface area contributed by atoms with Gasteiger partial charge >= 0.3 is 11.9 Å². The molecule has 0 saturated heterocycles. The minimum absolute atomic E-state index is 0.112. The molecule has 7 nitrogen and oxygen atoms in total. The highest BCUT2D eigenvalue weighted by atomic mass is 35.5. The number of halogens is 1. The number of esters is 2. The third-order valence-electron chi connectivity index (χ3n) is 3.82. The summed E-state index contributed by atoms with van der Waals surface area (Å²) in [6.45, 7) is 8.33. The Morgan fingerprint density at radius 2 is 1.76 bits per heavy atom. The third-order valence-corrected chi connectivity index (χ3v) is 4.04. The molecule has 29 heavy (non-hydrogen) atoms. The summed E-state index contributed by atoms with van der Waals surface area (Å²) in [5, 5.41) is 12.4. The summed E-state index contributed by atoms with van der Waals surface area (Å²) >= 11 is 5.46. The summed E-state index contributed by atoms with van der Waals surface area (Å²) in [7, 11) is 0. The first-order valence-corrected chi connectivity index (χ1v) is 9.73. The fourth-order valence-corrected chi connectivity index (χ4v) is 2.56. The number of hydrogen-bond acceptors (Lipinski definition) is 6. The van der Waals surface area contributed by atoms with Crippen LogP contribution in [-0.4, -0.2) is 41.0 Å². The van der Waals surface area contributed by atoms with Crippen molar-refractivity contribution in [3.05, 3.63) is 35.9 Å². The molecule has 2 unspecified atom stereocenters. The van der Waals surface area contributed by atoms with E-state index in [2.05, 4.69) is 5.32 Å². The van der Waals surface area contributed by atoms with Crippen LogP contribution in [0.15, 0.2) is 30.3 Å². The lowest BCUT2D eigenvalue weighted by molar-refractivity contribution is -0.164. The Labute approximate surface area is 176 Å². The van der Waals surface area contributed by atoms with Crippen LogP contribution >= 0.6 is 11.6 Å². The van der Waals surface area contributed by atoms with Gasteiger partial charge in [-0.15, -0.1) is 11.6 Å². The van der Waals surface area contributed by atoms with Crippen molar-refractivity contribution in [2.45, 2.75) is 58.3 Å². The van der Waals surface area contributed by atoms with Gasteiger partial charge in [-0.1, -0.05) is 44.2 Å². The molecule has 8 heteroatoms. The summed E-state index contributed by atoms with van der Waals surface area (Å²) in [6, 6.07) is 10.7. The van der Waals surface area contributed by atoms with Crippen LogP contribution in [0.3, 0.4) is 0 Å². The standard InChI is InChI=1S/C21H27ClN2O5/c1-14(2)17(28-16(25)12-22)18(26)24-21(13-23,19(27)29-20(3,4)5)11-15-9-7-6-8-10-15/h6-10,14,17H,11-12H2,1-5H3,(H,24,26). The summed E-state index contributed by atoms with van der Waals surface area (Å²) in [4.78, 5) is 37.4. The van der Waals surface area contributed by atoms with Gasteiger partial charge in [-0.2, -0.15) is 5.26 Å². The molecule has 0 aliphatic heterocycles. The minimum Gasteiger partial charge on any atom is -0.457 e. The van der Waals surface area contributed by atoms with Gasteiger partial charge in [0, 0.05) is 6.42 Å². The molecular weight excluding hydrogens is 396 g/mol. The molecule has 0 bridgehead atoms. The zero-order valence-electron chi connectivity index (χ0n) is 17.3. The van der Waals surface area contributed by atoms with E-state index in [-0.39, 0.29) is 6.42 Å². The molecule has 1 rings (SSSR count). The van der Waals surface area contributed by atoms with Gasteiger partial charge in [0.1, 0.15) is 17.6 Å². The van der Waals surface area contributed by atoms with Crippen LogP contribution < -0.4 is 5.32 Å². The summed E-state index contributed by atoms with van der Waals surface area (Å²) in [5.74, 6) is -3.27. The van der Waals surface area contributed by atoms with E-state index < -0.39 is 46.9 Å². The lowest BCUT2D eigenvalue weighted by Gasteiger charge is -2.32. The number of benzene rings is 1. The molecule has 158 valence electrons. The van der Waals surface area contributed by atoms with Crippen molar-refractivity contribution in [1.29, 1.82) is 5.26 Å². The summed E-state index contributed by atoms with van der Waals surface area (Å²) in [6.07, 6.45) is -1.33. The number of nitriles is 1. The highest BCUT2D eigenvalue weighted by Crippen LogP contribution is 2.21. The predicted octanol–water partition coefficient (Wildman–Crippen LogP) is 2.76. The van der Waals surface area contributed by atoms with E-state index >= 15 is 0 Å². The van der Waals surface area contributed by atoms with Crippen LogP contribution in [0.1, 0.15) is 40.2 Å². The average molecular weight is 423 g/mol.